The topological polar surface area (TPSA) is 129 Å². The molecular formula is C13H22IN7. The Hall–Kier alpha value is -1.50. The standard InChI is InChI=1S/C13H21N7.HI/c14-7-10-11(19-20-12(10)15)5-2-6-17-13(16)18-8-9-3-1-4-9;/h9H,1-6,8H2,(H3,15,19,20)(H3,16,17,18);1H. The van der Waals surface area contributed by atoms with E-state index < -0.39 is 0 Å². The Labute approximate surface area is 141 Å². The SMILES string of the molecule is I.N#Cc1c(N)n[nH]c1CCCNC(N)=NCC1CCC1. The van der Waals surface area contributed by atoms with Crippen LogP contribution in [0.25, 0.3) is 0 Å². The zero-order valence-electron chi connectivity index (χ0n) is 11.9. The molecule has 0 atom stereocenters. The van der Waals surface area contributed by atoms with Gasteiger partial charge in [0.25, 0.3) is 0 Å². The molecule has 1 saturated carbocycles. The van der Waals surface area contributed by atoms with Crippen LogP contribution in [0.1, 0.15) is 36.9 Å². The van der Waals surface area contributed by atoms with Gasteiger partial charge < -0.3 is 16.8 Å². The third-order valence-electron chi connectivity index (χ3n) is 3.64. The highest BCUT2D eigenvalue weighted by molar-refractivity contribution is 14.0. The number of nitriles is 1. The van der Waals surface area contributed by atoms with Crippen LogP contribution in [0.15, 0.2) is 4.99 Å². The minimum Gasteiger partial charge on any atom is -0.381 e. The van der Waals surface area contributed by atoms with E-state index in [2.05, 4.69) is 26.6 Å². The van der Waals surface area contributed by atoms with Gasteiger partial charge >= 0.3 is 0 Å². The summed E-state index contributed by atoms with van der Waals surface area (Å²) in [5.74, 6) is 1.49. The molecule has 0 unspecified atom stereocenters. The molecule has 1 heterocycles. The van der Waals surface area contributed by atoms with Crippen molar-refractivity contribution in [3.05, 3.63) is 11.3 Å². The lowest BCUT2D eigenvalue weighted by Gasteiger charge is -2.23. The lowest BCUT2D eigenvalue weighted by atomic mass is 9.86. The summed E-state index contributed by atoms with van der Waals surface area (Å²) in [7, 11) is 0. The minimum atomic E-state index is 0. The fraction of sp³-hybridized carbons (Fsp3) is 0.615. The molecule has 1 aromatic rings. The number of aliphatic imine (C=N–C) groups is 1. The first-order chi connectivity index (χ1) is 9.70. The number of hydrogen-bond acceptors (Lipinski definition) is 4. The van der Waals surface area contributed by atoms with Gasteiger partial charge in [-0.15, -0.1) is 24.0 Å². The highest BCUT2D eigenvalue weighted by Crippen LogP contribution is 2.26. The van der Waals surface area contributed by atoms with Gasteiger partial charge in [-0.25, -0.2) is 0 Å². The monoisotopic (exact) mass is 403 g/mol. The lowest BCUT2D eigenvalue weighted by molar-refractivity contribution is 0.326. The van der Waals surface area contributed by atoms with Crippen LogP contribution in [0, 0.1) is 17.2 Å². The van der Waals surface area contributed by atoms with Crippen molar-refractivity contribution in [2.24, 2.45) is 16.6 Å². The third kappa shape index (κ3) is 5.08. The number of nitrogens with two attached hydrogens (primary N) is 2. The Balaban J connectivity index is 0.00000220. The quantitative estimate of drug-likeness (QED) is 0.245. The van der Waals surface area contributed by atoms with Crippen LogP contribution in [0.5, 0.6) is 0 Å². The third-order valence-corrected chi connectivity index (χ3v) is 3.64. The van der Waals surface area contributed by atoms with Crippen molar-refractivity contribution in [1.82, 2.24) is 15.5 Å². The Morgan fingerprint density at radius 3 is 2.90 bits per heavy atom. The average Bonchev–Trinajstić information content (AvgIpc) is 2.73. The van der Waals surface area contributed by atoms with Crippen molar-refractivity contribution >= 4 is 35.8 Å². The maximum absolute atomic E-state index is 8.94. The Morgan fingerprint density at radius 1 is 1.52 bits per heavy atom. The van der Waals surface area contributed by atoms with Gasteiger partial charge in [-0.1, -0.05) is 6.42 Å². The summed E-state index contributed by atoms with van der Waals surface area (Å²) in [6.45, 7) is 1.54. The van der Waals surface area contributed by atoms with E-state index in [1.807, 2.05) is 0 Å². The number of halogens is 1. The van der Waals surface area contributed by atoms with Crippen molar-refractivity contribution < 1.29 is 0 Å². The van der Waals surface area contributed by atoms with Gasteiger partial charge in [0.1, 0.15) is 11.6 Å². The van der Waals surface area contributed by atoms with E-state index in [0.717, 1.165) is 24.6 Å². The summed E-state index contributed by atoms with van der Waals surface area (Å²) < 4.78 is 0. The van der Waals surface area contributed by atoms with Gasteiger partial charge in [0, 0.05) is 13.1 Å². The summed E-state index contributed by atoms with van der Waals surface area (Å²) in [5, 5.41) is 18.6. The average molecular weight is 403 g/mol. The van der Waals surface area contributed by atoms with Crippen molar-refractivity contribution in [2.75, 3.05) is 18.8 Å². The number of nitrogens with one attached hydrogen (secondary N) is 2. The first-order valence-corrected chi connectivity index (χ1v) is 6.97. The summed E-state index contributed by atoms with van der Waals surface area (Å²) in [6.07, 6.45) is 5.40. The number of rotatable bonds is 6. The maximum atomic E-state index is 8.94. The summed E-state index contributed by atoms with van der Waals surface area (Å²) in [4.78, 5) is 4.32. The second-order valence-electron chi connectivity index (χ2n) is 5.13. The maximum Gasteiger partial charge on any atom is 0.188 e. The molecule has 8 heteroatoms. The molecule has 2 rings (SSSR count). The summed E-state index contributed by atoms with van der Waals surface area (Å²) in [6, 6.07) is 2.05. The number of anilines is 1. The van der Waals surface area contributed by atoms with Gasteiger partial charge in [-0.3, -0.25) is 10.1 Å². The van der Waals surface area contributed by atoms with Crippen LogP contribution >= 0.6 is 24.0 Å². The molecule has 0 saturated heterocycles. The number of nitrogens with zero attached hydrogens (tertiary/aromatic N) is 3. The number of nitrogen functional groups attached to an aromatic ring is 1. The number of hydrogen-bond donors (Lipinski definition) is 4. The van der Waals surface area contributed by atoms with Gasteiger partial charge in [0.15, 0.2) is 11.8 Å². The molecule has 1 fully saturated rings. The number of aryl methyl sites for hydroxylation is 1. The summed E-state index contributed by atoms with van der Waals surface area (Å²) in [5.41, 5.74) is 12.6. The molecule has 0 spiro atoms. The molecule has 0 bridgehead atoms. The Morgan fingerprint density at radius 2 is 2.29 bits per heavy atom. The van der Waals surface area contributed by atoms with E-state index in [0.29, 0.717) is 24.5 Å². The van der Waals surface area contributed by atoms with Crippen LogP contribution in [0.2, 0.25) is 0 Å². The van der Waals surface area contributed by atoms with Gasteiger partial charge in [-0.05, 0) is 31.6 Å². The molecule has 116 valence electrons. The van der Waals surface area contributed by atoms with E-state index in [1.54, 1.807) is 0 Å². The van der Waals surface area contributed by atoms with Gasteiger partial charge in [-0.2, -0.15) is 10.4 Å². The molecule has 1 aliphatic carbocycles. The zero-order valence-corrected chi connectivity index (χ0v) is 14.3. The normalized spacial score (nSPS) is 14.9. The Kier molecular flexibility index (Phi) is 7.28. The smallest absolute Gasteiger partial charge is 0.188 e. The molecule has 21 heavy (non-hydrogen) atoms. The van der Waals surface area contributed by atoms with Gasteiger partial charge in [0.05, 0.1) is 5.69 Å². The molecule has 0 aliphatic heterocycles. The van der Waals surface area contributed by atoms with E-state index in [1.165, 1.54) is 19.3 Å². The van der Waals surface area contributed by atoms with Crippen molar-refractivity contribution in [3.63, 3.8) is 0 Å². The highest BCUT2D eigenvalue weighted by Gasteiger charge is 2.16. The first-order valence-electron chi connectivity index (χ1n) is 6.97. The van der Waals surface area contributed by atoms with Crippen molar-refractivity contribution in [1.29, 1.82) is 5.26 Å². The van der Waals surface area contributed by atoms with Crippen LogP contribution in [-0.4, -0.2) is 29.2 Å². The summed E-state index contributed by atoms with van der Waals surface area (Å²) >= 11 is 0. The van der Waals surface area contributed by atoms with Crippen LogP contribution in [0.3, 0.4) is 0 Å². The number of aromatic amines is 1. The molecule has 7 nitrogen and oxygen atoms in total. The zero-order chi connectivity index (χ0) is 14.4. The minimum absolute atomic E-state index is 0. The van der Waals surface area contributed by atoms with Crippen molar-refractivity contribution in [3.8, 4) is 6.07 Å². The molecule has 6 N–H and O–H groups in total. The number of H-pyrrole nitrogens is 1. The largest absolute Gasteiger partial charge is 0.381 e. The molecule has 1 aliphatic rings. The molecule has 0 amide bonds. The molecule has 1 aromatic heterocycles. The highest BCUT2D eigenvalue weighted by atomic mass is 127. The fourth-order valence-electron chi connectivity index (χ4n) is 2.14. The Bertz CT molecular complexity index is 513. The predicted octanol–water partition coefficient (Wildman–Crippen LogP) is 1.12. The van der Waals surface area contributed by atoms with E-state index in [4.69, 9.17) is 16.7 Å². The van der Waals surface area contributed by atoms with Crippen LogP contribution in [0.4, 0.5) is 5.82 Å². The first kappa shape index (κ1) is 17.6. The number of guanidine groups is 1. The molecule has 0 aromatic carbocycles. The fourth-order valence-corrected chi connectivity index (χ4v) is 2.14. The second-order valence-corrected chi connectivity index (χ2v) is 5.13. The lowest BCUT2D eigenvalue weighted by Crippen LogP contribution is -2.33. The second kappa shape index (κ2) is 8.71. The molecular weight excluding hydrogens is 381 g/mol. The number of aromatic nitrogens is 2. The van der Waals surface area contributed by atoms with Crippen molar-refractivity contribution in [2.45, 2.75) is 32.1 Å². The van der Waals surface area contributed by atoms with E-state index in [-0.39, 0.29) is 29.8 Å². The van der Waals surface area contributed by atoms with E-state index in [9.17, 15) is 0 Å². The van der Waals surface area contributed by atoms with Gasteiger partial charge in [0.2, 0.25) is 0 Å². The van der Waals surface area contributed by atoms with E-state index >= 15 is 0 Å². The molecule has 0 radical (unpaired) electrons. The van der Waals surface area contributed by atoms with Crippen LogP contribution in [-0.2, 0) is 6.42 Å². The van der Waals surface area contributed by atoms with Crippen LogP contribution < -0.4 is 16.8 Å². The predicted molar refractivity (Wildman–Crippen MR) is 93.3 cm³/mol.